The van der Waals surface area contributed by atoms with Gasteiger partial charge in [-0.15, -0.1) is 24.0 Å². The van der Waals surface area contributed by atoms with E-state index in [-0.39, 0.29) is 24.0 Å². The monoisotopic (exact) mass is 488 g/mol. The second-order valence-corrected chi connectivity index (χ2v) is 7.52. The highest BCUT2D eigenvalue weighted by Crippen LogP contribution is 2.32. The quantitative estimate of drug-likeness (QED) is 0.351. The maximum atomic E-state index is 5.44. The largest absolute Gasteiger partial charge is 0.454 e. The van der Waals surface area contributed by atoms with Gasteiger partial charge < -0.3 is 20.1 Å². The molecule has 1 aromatic rings. The lowest BCUT2D eigenvalue weighted by Crippen LogP contribution is -2.46. The number of benzene rings is 1. The molecule has 2 aliphatic heterocycles. The first-order valence-electron chi connectivity index (χ1n) is 9.73. The number of ether oxygens (including phenoxy) is 2. The maximum absolute atomic E-state index is 5.44. The molecule has 1 fully saturated rings. The topological polar surface area (TPSA) is 58.1 Å². The molecule has 7 heteroatoms. The van der Waals surface area contributed by atoms with Gasteiger partial charge in [0.15, 0.2) is 17.5 Å². The van der Waals surface area contributed by atoms with Crippen molar-refractivity contribution < 1.29 is 9.47 Å². The molecule has 3 rings (SSSR count). The number of halogens is 1. The van der Waals surface area contributed by atoms with Crippen molar-refractivity contribution in [3.8, 4) is 11.5 Å². The summed E-state index contributed by atoms with van der Waals surface area (Å²) in [5.41, 5.74) is 1.15. The Morgan fingerprint density at radius 3 is 2.59 bits per heavy atom. The fourth-order valence-corrected chi connectivity index (χ4v) is 3.68. The summed E-state index contributed by atoms with van der Waals surface area (Å²) < 4.78 is 10.8. The second kappa shape index (κ2) is 10.9. The number of hydrogen-bond donors (Lipinski definition) is 2. The summed E-state index contributed by atoms with van der Waals surface area (Å²) in [5, 5.41) is 6.92. The molecular formula is C20H33IN4O2. The number of nitrogens with one attached hydrogen (secondary N) is 2. The minimum atomic E-state index is 0. The summed E-state index contributed by atoms with van der Waals surface area (Å²) in [7, 11) is 1.82. The van der Waals surface area contributed by atoms with E-state index in [4.69, 9.17) is 9.47 Å². The standard InChI is InChI=1S/C20H32N4O2.HI/c1-15(2)10-17(24-8-4-5-9-24)13-23-20(21-3)22-12-16-6-7-18-19(11-16)26-14-25-18;/h6-7,11,15,17H,4-5,8-10,12-14H2,1-3H3,(H2,21,22,23);1H. The van der Waals surface area contributed by atoms with Crippen molar-refractivity contribution in [2.75, 3.05) is 33.5 Å². The first kappa shape index (κ1) is 22.1. The lowest BCUT2D eigenvalue weighted by molar-refractivity contribution is 0.174. The molecule has 2 N–H and O–H groups in total. The Kier molecular flexibility index (Phi) is 8.95. The molecule has 0 saturated carbocycles. The van der Waals surface area contributed by atoms with Crippen LogP contribution >= 0.6 is 24.0 Å². The normalized spacial score (nSPS) is 17.7. The minimum Gasteiger partial charge on any atom is -0.454 e. The second-order valence-electron chi connectivity index (χ2n) is 7.52. The maximum Gasteiger partial charge on any atom is 0.231 e. The van der Waals surface area contributed by atoms with Crippen molar-refractivity contribution >= 4 is 29.9 Å². The summed E-state index contributed by atoms with van der Waals surface area (Å²) in [6, 6.07) is 6.61. The Balaban J connectivity index is 0.00000261. The van der Waals surface area contributed by atoms with Crippen molar-refractivity contribution in [3.63, 3.8) is 0 Å². The lowest BCUT2D eigenvalue weighted by atomic mass is 10.0. The zero-order valence-corrected chi connectivity index (χ0v) is 19.0. The van der Waals surface area contributed by atoms with E-state index in [0.717, 1.165) is 29.6 Å². The molecule has 27 heavy (non-hydrogen) atoms. The molecule has 0 radical (unpaired) electrons. The first-order chi connectivity index (χ1) is 12.7. The Morgan fingerprint density at radius 2 is 1.89 bits per heavy atom. The predicted molar refractivity (Wildman–Crippen MR) is 120 cm³/mol. The van der Waals surface area contributed by atoms with E-state index in [1.165, 1.54) is 32.4 Å². The zero-order chi connectivity index (χ0) is 18.4. The van der Waals surface area contributed by atoms with E-state index >= 15 is 0 Å². The van der Waals surface area contributed by atoms with Crippen LogP contribution in [0.25, 0.3) is 0 Å². The molecule has 0 aromatic heterocycles. The number of aliphatic imine (C=N–C) groups is 1. The summed E-state index contributed by atoms with van der Waals surface area (Å²) in [4.78, 5) is 7.00. The van der Waals surface area contributed by atoms with Gasteiger partial charge in [-0.05, 0) is 56.0 Å². The number of guanidine groups is 1. The van der Waals surface area contributed by atoms with Gasteiger partial charge in [-0.2, -0.15) is 0 Å². The number of rotatable bonds is 7. The Hall–Kier alpha value is -1.22. The third-order valence-electron chi connectivity index (χ3n) is 5.03. The number of fused-ring (bicyclic) bond motifs is 1. The van der Waals surface area contributed by atoms with Crippen molar-refractivity contribution in [2.24, 2.45) is 10.9 Å². The molecule has 0 spiro atoms. The molecule has 1 atom stereocenters. The van der Waals surface area contributed by atoms with Crippen LogP contribution in [0.5, 0.6) is 11.5 Å². The zero-order valence-electron chi connectivity index (χ0n) is 16.7. The van der Waals surface area contributed by atoms with Crippen LogP contribution in [0.3, 0.4) is 0 Å². The molecule has 1 aromatic carbocycles. The number of nitrogens with zero attached hydrogens (tertiary/aromatic N) is 2. The predicted octanol–water partition coefficient (Wildman–Crippen LogP) is 3.21. The van der Waals surface area contributed by atoms with E-state index in [9.17, 15) is 0 Å². The van der Waals surface area contributed by atoms with Crippen LogP contribution in [0, 0.1) is 5.92 Å². The van der Waals surface area contributed by atoms with Gasteiger partial charge >= 0.3 is 0 Å². The van der Waals surface area contributed by atoms with E-state index in [0.29, 0.717) is 25.3 Å². The fourth-order valence-electron chi connectivity index (χ4n) is 3.68. The van der Waals surface area contributed by atoms with E-state index in [1.54, 1.807) is 0 Å². The van der Waals surface area contributed by atoms with Crippen molar-refractivity contribution in [2.45, 2.75) is 45.7 Å². The lowest BCUT2D eigenvalue weighted by Gasteiger charge is -2.29. The average Bonchev–Trinajstić information content (AvgIpc) is 3.31. The van der Waals surface area contributed by atoms with Crippen LogP contribution in [-0.2, 0) is 6.54 Å². The van der Waals surface area contributed by atoms with Gasteiger partial charge in [-0.25, -0.2) is 0 Å². The van der Waals surface area contributed by atoms with Crippen LogP contribution in [-0.4, -0.2) is 50.4 Å². The van der Waals surface area contributed by atoms with Crippen LogP contribution in [0.2, 0.25) is 0 Å². The first-order valence-corrected chi connectivity index (χ1v) is 9.73. The van der Waals surface area contributed by atoms with Crippen molar-refractivity contribution in [1.82, 2.24) is 15.5 Å². The van der Waals surface area contributed by atoms with Gasteiger partial charge in [0.1, 0.15) is 0 Å². The highest BCUT2D eigenvalue weighted by molar-refractivity contribution is 14.0. The summed E-state index contributed by atoms with van der Waals surface area (Å²) in [6.07, 6.45) is 3.86. The van der Waals surface area contributed by atoms with Gasteiger partial charge in [-0.3, -0.25) is 9.89 Å². The summed E-state index contributed by atoms with van der Waals surface area (Å²) in [5.74, 6) is 3.18. The van der Waals surface area contributed by atoms with Gasteiger partial charge in [0, 0.05) is 26.2 Å². The Bertz CT molecular complexity index is 618. The van der Waals surface area contributed by atoms with Gasteiger partial charge in [0.25, 0.3) is 0 Å². The van der Waals surface area contributed by atoms with Crippen molar-refractivity contribution in [3.05, 3.63) is 23.8 Å². The van der Waals surface area contributed by atoms with E-state index < -0.39 is 0 Å². The molecule has 0 amide bonds. The van der Waals surface area contributed by atoms with Gasteiger partial charge in [0.05, 0.1) is 0 Å². The van der Waals surface area contributed by atoms with E-state index in [1.807, 2.05) is 19.2 Å². The van der Waals surface area contributed by atoms with Gasteiger partial charge in [0.2, 0.25) is 6.79 Å². The molecule has 0 bridgehead atoms. The highest BCUT2D eigenvalue weighted by Gasteiger charge is 2.22. The van der Waals surface area contributed by atoms with Gasteiger partial charge in [-0.1, -0.05) is 19.9 Å². The third kappa shape index (κ3) is 6.41. The Morgan fingerprint density at radius 1 is 1.15 bits per heavy atom. The molecule has 2 aliphatic rings. The Labute approximate surface area is 180 Å². The number of likely N-dealkylation sites (tertiary alicyclic amines) is 1. The van der Waals surface area contributed by atoms with Crippen LogP contribution < -0.4 is 20.1 Å². The highest BCUT2D eigenvalue weighted by atomic mass is 127. The average molecular weight is 488 g/mol. The van der Waals surface area contributed by atoms with Crippen LogP contribution in [0.4, 0.5) is 0 Å². The molecular weight excluding hydrogens is 455 g/mol. The molecule has 0 aliphatic carbocycles. The molecule has 6 nitrogen and oxygen atoms in total. The van der Waals surface area contributed by atoms with Crippen LogP contribution in [0.15, 0.2) is 23.2 Å². The summed E-state index contributed by atoms with van der Waals surface area (Å²) >= 11 is 0. The van der Waals surface area contributed by atoms with Crippen LogP contribution in [0.1, 0.15) is 38.7 Å². The molecule has 1 saturated heterocycles. The van der Waals surface area contributed by atoms with E-state index in [2.05, 4.69) is 40.4 Å². The number of hydrogen-bond acceptors (Lipinski definition) is 4. The molecule has 152 valence electrons. The molecule has 2 heterocycles. The SMILES string of the molecule is CN=C(NCc1ccc2c(c1)OCO2)NCC(CC(C)C)N1CCCC1.I. The minimum absolute atomic E-state index is 0. The third-order valence-corrected chi connectivity index (χ3v) is 5.03. The smallest absolute Gasteiger partial charge is 0.231 e. The summed E-state index contributed by atoms with van der Waals surface area (Å²) in [6.45, 7) is 8.99. The fraction of sp³-hybridized carbons (Fsp3) is 0.650. The molecule has 1 unspecified atom stereocenters. The van der Waals surface area contributed by atoms with Crippen molar-refractivity contribution in [1.29, 1.82) is 0 Å².